The predicted octanol–water partition coefficient (Wildman–Crippen LogP) is 6.05. The number of carbonyl (C=O) groups is 1. The molecule has 1 heterocycles. The van der Waals surface area contributed by atoms with E-state index in [1.165, 1.54) is 11.1 Å². The van der Waals surface area contributed by atoms with Crippen molar-refractivity contribution in [2.24, 2.45) is 5.73 Å². The third-order valence-corrected chi connectivity index (χ3v) is 7.20. The SMILES string of the molecule is C=C(NC)C(/C=C\C(C)=C\CCc1cc(C(=O)N(C)C)ccc1C(CCN)c1nn[nH]n1)=C/C.CCc1ccc(C)cc1. The van der Waals surface area contributed by atoms with Crippen LogP contribution in [-0.2, 0) is 12.8 Å². The molecule has 1 unspecified atom stereocenters. The highest BCUT2D eigenvalue weighted by molar-refractivity contribution is 5.94. The number of aryl methyl sites for hydroxylation is 3. The largest absolute Gasteiger partial charge is 0.388 e. The van der Waals surface area contributed by atoms with Crippen LogP contribution in [0.4, 0.5) is 0 Å². The topological polar surface area (TPSA) is 113 Å². The first-order chi connectivity index (χ1) is 20.6. The molecule has 0 aliphatic rings. The summed E-state index contributed by atoms with van der Waals surface area (Å²) in [6.45, 7) is 12.9. The lowest BCUT2D eigenvalue weighted by molar-refractivity contribution is 0.0827. The number of benzene rings is 2. The second-order valence-corrected chi connectivity index (χ2v) is 10.6. The van der Waals surface area contributed by atoms with Gasteiger partial charge in [-0.3, -0.25) is 4.79 Å². The first-order valence-electron chi connectivity index (χ1n) is 14.9. The molecule has 0 spiro atoms. The Morgan fingerprint density at radius 2 is 1.88 bits per heavy atom. The van der Waals surface area contributed by atoms with Gasteiger partial charge in [-0.15, -0.1) is 10.2 Å². The summed E-state index contributed by atoms with van der Waals surface area (Å²) < 4.78 is 0. The summed E-state index contributed by atoms with van der Waals surface area (Å²) in [6.07, 6.45) is 11.8. The number of allylic oxidation sites excluding steroid dienone is 5. The Hall–Kier alpha value is -4.30. The smallest absolute Gasteiger partial charge is 0.253 e. The Balaban J connectivity index is 0.000000609. The number of carbonyl (C=O) groups excluding carboxylic acids is 1. The maximum Gasteiger partial charge on any atom is 0.253 e. The first-order valence-corrected chi connectivity index (χ1v) is 14.9. The number of aromatic nitrogens is 4. The van der Waals surface area contributed by atoms with Gasteiger partial charge in [0.05, 0.1) is 0 Å². The zero-order valence-electron chi connectivity index (χ0n) is 26.9. The van der Waals surface area contributed by atoms with Gasteiger partial charge in [0.1, 0.15) is 0 Å². The summed E-state index contributed by atoms with van der Waals surface area (Å²) in [5.74, 6) is 0.495. The Kier molecular flexibility index (Phi) is 14.8. The van der Waals surface area contributed by atoms with Crippen LogP contribution in [0.25, 0.3) is 0 Å². The van der Waals surface area contributed by atoms with Crippen molar-refractivity contribution in [3.05, 3.63) is 124 Å². The van der Waals surface area contributed by atoms with E-state index in [1.54, 1.807) is 19.0 Å². The Bertz CT molecular complexity index is 1380. The van der Waals surface area contributed by atoms with Crippen molar-refractivity contribution in [2.75, 3.05) is 27.7 Å². The Morgan fingerprint density at radius 3 is 2.44 bits per heavy atom. The van der Waals surface area contributed by atoms with E-state index in [9.17, 15) is 4.79 Å². The number of tetrazole rings is 1. The second kappa shape index (κ2) is 18.3. The molecule has 0 aliphatic heterocycles. The van der Waals surface area contributed by atoms with Crippen molar-refractivity contribution in [1.82, 2.24) is 30.8 Å². The minimum atomic E-state index is -0.0861. The number of hydrogen-bond acceptors (Lipinski definition) is 6. The van der Waals surface area contributed by atoms with Gasteiger partial charge < -0.3 is 16.0 Å². The van der Waals surface area contributed by atoms with E-state index in [-0.39, 0.29) is 11.8 Å². The average Bonchev–Trinajstić information content (AvgIpc) is 3.55. The Labute approximate surface area is 257 Å². The monoisotopic (exact) mass is 583 g/mol. The summed E-state index contributed by atoms with van der Waals surface area (Å²) in [7, 11) is 5.38. The van der Waals surface area contributed by atoms with Crippen LogP contribution in [-0.4, -0.2) is 59.1 Å². The van der Waals surface area contributed by atoms with E-state index in [4.69, 9.17) is 5.73 Å². The van der Waals surface area contributed by atoms with Gasteiger partial charge in [0.25, 0.3) is 5.91 Å². The molecule has 1 aromatic heterocycles. The van der Waals surface area contributed by atoms with Crippen molar-refractivity contribution in [1.29, 1.82) is 0 Å². The van der Waals surface area contributed by atoms with E-state index in [0.29, 0.717) is 24.4 Å². The number of nitrogens with zero attached hydrogens (tertiary/aromatic N) is 4. The minimum Gasteiger partial charge on any atom is -0.388 e. The van der Waals surface area contributed by atoms with Crippen LogP contribution in [0.3, 0.4) is 0 Å². The number of hydrogen-bond donors (Lipinski definition) is 3. The van der Waals surface area contributed by atoms with Crippen molar-refractivity contribution >= 4 is 5.91 Å². The second-order valence-electron chi connectivity index (χ2n) is 10.6. The van der Waals surface area contributed by atoms with Crippen LogP contribution in [0, 0.1) is 6.92 Å². The van der Waals surface area contributed by atoms with E-state index < -0.39 is 0 Å². The van der Waals surface area contributed by atoms with Crippen molar-refractivity contribution in [2.45, 2.75) is 59.3 Å². The fraction of sp³-hybridized carbons (Fsp3) is 0.371. The minimum absolute atomic E-state index is 0.0268. The molecule has 3 rings (SSSR count). The average molecular weight is 584 g/mol. The summed E-state index contributed by atoms with van der Waals surface area (Å²) in [5, 5.41) is 17.7. The van der Waals surface area contributed by atoms with E-state index >= 15 is 0 Å². The van der Waals surface area contributed by atoms with Gasteiger partial charge in [-0.1, -0.05) is 84.5 Å². The van der Waals surface area contributed by atoms with Crippen LogP contribution in [0.2, 0.25) is 0 Å². The fourth-order valence-electron chi connectivity index (χ4n) is 4.54. The van der Waals surface area contributed by atoms with Crippen LogP contribution in [0.1, 0.15) is 78.0 Å². The number of rotatable bonds is 13. The lowest BCUT2D eigenvalue weighted by Crippen LogP contribution is -2.22. The predicted molar refractivity (Wildman–Crippen MR) is 178 cm³/mol. The molecule has 0 saturated heterocycles. The van der Waals surface area contributed by atoms with Gasteiger partial charge in [-0.2, -0.15) is 5.21 Å². The highest BCUT2D eigenvalue weighted by Crippen LogP contribution is 2.29. The van der Waals surface area contributed by atoms with Gasteiger partial charge in [-0.25, -0.2) is 0 Å². The van der Waals surface area contributed by atoms with E-state index in [1.807, 2.05) is 38.2 Å². The van der Waals surface area contributed by atoms with E-state index in [0.717, 1.165) is 47.2 Å². The molecule has 0 saturated carbocycles. The van der Waals surface area contributed by atoms with Crippen LogP contribution in [0.15, 0.2) is 90.2 Å². The fourth-order valence-corrected chi connectivity index (χ4v) is 4.54. The summed E-state index contributed by atoms with van der Waals surface area (Å²) >= 11 is 0. The lowest BCUT2D eigenvalue weighted by atomic mass is 9.87. The van der Waals surface area contributed by atoms with Crippen molar-refractivity contribution in [3.63, 3.8) is 0 Å². The van der Waals surface area contributed by atoms with Crippen LogP contribution in [0.5, 0.6) is 0 Å². The summed E-state index contributed by atoms with van der Waals surface area (Å²) in [5.41, 5.74) is 14.6. The molecular formula is C35H49N7O. The van der Waals surface area contributed by atoms with E-state index in [2.05, 4.69) is 95.8 Å². The maximum absolute atomic E-state index is 12.6. The third-order valence-electron chi connectivity index (χ3n) is 7.20. The molecule has 0 fully saturated rings. The summed E-state index contributed by atoms with van der Waals surface area (Å²) in [6, 6.07) is 14.5. The highest BCUT2D eigenvalue weighted by atomic mass is 16.2. The van der Waals surface area contributed by atoms with Crippen molar-refractivity contribution in [3.8, 4) is 0 Å². The molecule has 1 amide bonds. The van der Waals surface area contributed by atoms with Gasteiger partial charge >= 0.3 is 0 Å². The normalized spacial score (nSPS) is 12.5. The summed E-state index contributed by atoms with van der Waals surface area (Å²) in [4.78, 5) is 14.2. The van der Waals surface area contributed by atoms with Gasteiger partial charge in [0.15, 0.2) is 5.82 Å². The number of aromatic amines is 1. The molecule has 2 aromatic carbocycles. The third kappa shape index (κ3) is 11.1. The molecule has 43 heavy (non-hydrogen) atoms. The quantitative estimate of drug-likeness (QED) is 0.211. The van der Waals surface area contributed by atoms with Gasteiger partial charge in [0.2, 0.25) is 0 Å². The molecule has 230 valence electrons. The number of amides is 1. The molecule has 0 bridgehead atoms. The zero-order chi connectivity index (χ0) is 31.8. The number of likely N-dealkylation sites (N-methyl/N-ethyl adjacent to an activating group) is 1. The van der Waals surface area contributed by atoms with Crippen LogP contribution < -0.4 is 11.1 Å². The van der Waals surface area contributed by atoms with Gasteiger partial charge in [0, 0.05) is 38.3 Å². The lowest BCUT2D eigenvalue weighted by Gasteiger charge is -2.19. The van der Waals surface area contributed by atoms with Gasteiger partial charge in [-0.05, 0) is 87.4 Å². The van der Waals surface area contributed by atoms with Crippen molar-refractivity contribution < 1.29 is 4.79 Å². The maximum atomic E-state index is 12.6. The molecule has 1 atom stereocenters. The standard InChI is InChI=1S/C26H37N7O.C9H12/c1-7-20(19(3)28-4)12-11-18(2)9-8-10-21-17-22(26(34)33(5)6)13-14-23(21)24(15-16-27)25-29-31-32-30-25;1-3-9-6-4-8(2)5-7-9/h7,9,11-14,17,24,28H,3,8,10,15-16,27H2,1-2,4-6H3,(H,29,30,31,32);4-7H,3H2,1-2H3/b12-11-,18-9+,20-7+;. The zero-order valence-corrected chi connectivity index (χ0v) is 26.9. The first kappa shape index (κ1) is 34.9. The molecular weight excluding hydrogens is 534 g/mol. The molecule has 8 nitrogen and oxygen atoms in total. The molecule has 0 aliphatic carbocycles. The molecule has 0 radical (unpaired) electrons. The number of nitrogens with two attached hydrogens (primary N) is 1. The molecule has 3 aromatic rings. The molecule has 4 N–H and O–H groups in total. The number of nitrogens with one attached hydrogen (secondary N) is 2. The Morgan fingerprint density at radius 1 is 1.16 bits per heavy atom. The van der Waals surface area contributed by atoms with Crippen LogP contribution >= 0.6 is 0 Å². The molecule has 8 heteroatoms. The highest BCUT2D eigenvalue weighted by Gasteiger charge is 2.22. The number of H-pyrrole nitrogens is 1.